The minimum Gasteiger partial charge on any atom is -0.480 e. The zero-order valence-corrected chi connectivity index (χ0v) is 27.0. The van der Waals surface area contributed by atoms with E-state index in [9.17, 15) is 23.9 Å². The number of carbonyl (C=O) groups is 3. The molecule has 0 bridgehead atoms. The van der Waals surface area contributed by atoms with Gasteiger partial charge in [-0.3, -0.25) is 10.1 Å². The van der Waals surface area contributed by atoms with Crippen LogP contribution in [0.3, 0.4) is 0 Å². The van der Waals surface area contributed by atoms with Gasteiger partial charge in [0, 0.05) is 23.2 Å². The molecule has 1 unspecified atom stereocenters. The number of aromatic nitrogens is 2. The maximum absolute atomic E-state index is 14.9. The van der Waals surface area contributed by atoms with Gasteiger partial charge in [0.25, 0.3) is 11.8 Å². The Morgan fingerprint density at radius 1 is 0.938 bits per heavy atom. The van der Waals surface area contributed by atoms with Gasteiger partial charge in [0.1, 0.15) is 23.2 Å². The molecule has 0 aliphatic heterocycles. The Balaban J connectivity index is 1.26. The number of carbonyl (C=O) groups excluding carboxylic acids is 2. The van der Waals surface area contributed by atoms with Crippen molar-refractivity contribution < 1.29 is 37.6 Å². The molecule has 0 saturated heterocycles. The van der Waals surface area contributed by atoms with Crippen LogP contribution in [0.15, 0.2) is 87.8 Å². The van der Waals surface area contributed by atoms with E-state index in [0.717, 1.165) is 11.1 Å². The van der Waals surface area contributed by atoms with Gasteiger partial charge in [0.15, 0.2) is 5.76 Å². The number of amides is 2. The molecule has 0 aliphatic carbocycles. The van der Waals surface area contributed by atoms with Gasteiger partial charge in [-0.2, -0.15) is 4.98 Å². The van der Waals surface area contributed by atoms with Crippen molar-refractivity contribution in [1.29, 1.82) is 0 Å². The molecule has 248 valence electrons. The average molecular weight is 655 g/mol. The fourth-order valence-electron chi connectivity index (χ4n) is 4.75. The third-order valence-corrected chi connectivity index (χ3v) is 7.21. The maximum Gasteiger partial charge on any atom is 0.412 e. The van der Waals surface area contributed by atoms with Crippen molar-refractivity contribution in [3.8, 4) is 34.2 Å². The van der Waals surface area contributed by atoms with E-state index in [-0.39, 0.29) is 29.5 Å². The highest BCUT2D eigenvalue weighted by molar-refractivity contribution is 5.95. The fourth-order valence-corrected chi connectivity index (χ4v) is 4.75. The van der Waals surface area contributed by atoms with Crippen molar-refractivity contribution >= 4 is 23.7 Å². The lowest BCUT2D eigenvalue weighted by Gasteiger charge is -2.19. The van der Waals surface area contributed by atoms with Crippen molar-refractivity contribution in [3.05, 3.63) is 102 Å². The van der Waals surface area contributed by atoms with Crippen molar-refractivity contribution in [2.24, 2.45) is 0 Å². The van der Waals surface area contributed by atoms with E-state index < -0.39 is 35.4 Å². The molecule has 2 heterocycles. The molecule has 5 rings (SSSR count). The van der Waals surface area contributed by atoms with E-state index in [0.29, 0.717) is 28.5 Å². The molecule has 2 amide bonds. The monoisotopic (exact) mass is 654 g/mol. The van der Waals surface area contributed by atoms with E-state index in [1.807, 2.05) is 24.3 Å². The zero-order chi connectivity index (χ0) is 34.6. The fraction of sp³-hybridized carbons (Fsp3) is 0.250. The summed E-state index contributed by atoms with van der Waals surface area (Å²) in [6.45, 7) is 9.46. The SMILES string of the molecule is CC(C)c1ccc(-c2ccc(C(=O)NC(Cc3ccc(F)c(-c4noc(-c5ccc(NC(=O)OC(C)(C)C)cc5)n4)c3)C(=O)O)o2)cc1. The van der Waals surface area contributed by atoms with Crippen molar-refractivity contribution in [1.82, 2.24) is 15.5 Å². The predicted octanol–water partition coefficient (Wildman–Crippen LogP) is 7.70. The minimum atomic E-state index is -1.34. The average Bonchev–Trinajstić information content (AvgIpc) is 3.72. The smallest absolute Gasteiger partial charge is 0.412 e. The lowest BCUT2D eigenvalue weighted by Crippen LogP contribution is -2.42. The number of furan rings is 1. The number of nitrogens with zero attached hydrogens (tertiary/aromatic N) is 2. The summed E-state index contributed by atoms with van der Waals surface area (Å²) in [6, 6.07) is 20.1. The molecule has 0 fully saturated rings. The highest BCUT2D eigenvalue weighted by Crippen LogP contribution is 2.28. The number of halogens is 1. The number of ether oxygens (including phenoxy) is 1. The number of carboxylic acids is 1. The Morgan fingerprint density at radius 3 is 2.27 bits per heavy atom. The third kappa shape index (κ3) is 8.32. The van der Waals surface area contributed by atoms with Crippen LogP contribution in [0.25, 0.3) is 34.2 Å². The second kappa shape index (κ2) is 13.9. The molecule has 48 heavy (non-hydrogen) atoms. The molecule has 0 aliphatic rings. The number of aliphatic carboxylic acids is 1. The van der Waals surface area contributed by atoms with Gasteiger partial charge < -0.3 is 24.1 Å². The van der Waals surface area contributed by atoms with E-state index >= 15 is 0 Å². The van der Waals surface area contributed by atoms with Crippen molar-refractivity contribution in [2.45, 2.75) is 58.6 Å². The van der Waals surface area contributed by atoms with Crippen LogP contribution >= 0.6 is 0 Å². The predicted molar refractivity (Wildman–Crippen MR) is 176 cm³/mol. The van der Waals surface area contributed by atoms with Gasteiger partial charge >= 0.3 is 12.1 Å². The molecule has 5 aromatic rings. The number of hydrogen-bond acceptors (Lipinski definition) is 8. The Morgan fingerprint density at radius 2 is 1.62 bits per heavy atom. The first-order valence-corrected chi connectivity index (χ1v) is 15.2. The molecule has 0 radical (unpaired) electrons. The summed E-state index contributed by atoms with van der Waals surface area (Å²) in [4.78, 5) is 41.4. The molecule has 11 nitrogen and oxygen atoms in total. The van der Waals surface area contributed by atoms with Crippen LogP contribution in [0.2, 0.25) is 0 Å². The topological polar surface area (TPSA) is 157 Å². The Labute approximate surface area is 276 Å². The highest BCUT2D eigenvalue weighted by atomic mass is 19.1. The van der Waals surface area contributed by atoms with Gasteiger partial charge in [-0.25, -0.2) is 14.0 Å². The zero-order valence-electron chi connectivity index (χ0n) is 27.0. The number of carboxylic acid groups (broad SMARTS) is 1. The summed E-state index contributed by atoms with van der Waals surface area (Å²) < 4.78 is 31.3. The first-order valence-electron chi connectivity index (χ1n) is 15.2. The van der Waals surface area contributed by atoms with Crippen molar-refractivity contribution in [3.63, 3.8) is 0 Å². The number of rotatable bonds is 10. The van der Waals surface area contributed by atoms with E-state index in [1.54, 1.807) is 51.1 Å². The summed E-state index contributed by atoms with van der Waals surface area (Å²) in [5, 5.41) is 18.9. The Bertz CT molecular complexity index is 1920. The maximum atomic E-state index is 14.9. The molecule has 2 aromatic heterocycles. The van der Waals surface area contributed by atoms with E-state index in [4.69, 9.17) is 13.7 Å². The standard InChI is InChI=1S/C36H35FN4O7/c1-20(2)22-7-9-23(10-8-22)29-16-17-30(46-29)32(42)39-28(34(43)44)19-21-6-15-27(37)26(18-21)31-40-33(48-41-31)24-11-13-25(14-12-24)38-35(45)47-36(3,4)5/h6-18,20,28H,19H2,1-5H3,(H,38,45)(H,39,42)(H,43,44). The summed E-state index contributed by atoms with van der Waals surface area (Å²) in [6.07, 6.45) is -0.760. The molecule has 1 atom stereocenters. The van der Waals surface area contributed by atoms with Crippen LogP contribution in [0, 0.1) is 5.82 Å². The van der Waals surface area contributed by atoms with Gasteiger partial charge in [0.2, 0.25) is 5.82 Å². The van der Waals surface area contributed by atoms with Crippen LogP contribution in [-0.2, 0) is 16.0 Å². The van der Waals surface area contributed by atoms with E-state index in [2.05, 4.69) is 34.6 Å². The molecular formula is C36H35FN4O7. The Hall–Kier alpha value is -5.78. The highest BCUT2D eigenvalue weighted by Gasteiger charge is 2.24. The largest absolute Gasteiger partial charge is 0.480 e. The lowest BCUT2D eigenvalue weighted by atomic mass is 10.0. The summed E-state index contributed by atoms with van der Waals surface area (Å²) >= 11 is 0. The first-order chi connectivity index (χ1) is 22.8. The van der Waals surface area contributed by atoms with Crippen LogP contribution in [-0.4, -0.2) is 44.9 Å². The van der Waals surface area contributed by atoms with Crippen LogP contribution in [0.1, 0.15) is 62.2 Å². The summed E-state index contributed by atoms with van der Waals surface area (Å²) in [5.74, 6) is -1.79. The van der Waals surface area contributed by atoms with Crippen LogP contribution < -0.4 is 10.6 Å². The number of nitrogens with one attached hydrogen (secondary N) is 2. The summed E-state index contributed by atoms with van der Waals surface area (Å²) in [7, 11) is 0. The van der Waals surface area contributed by atoms with Crippen LogP contribution in [0.4, 0.5) is 14.9 Å². The van der Waals surface area contributed by atoms with Gasteiger partial charge in [-0.15, -0.1) is 0 Å². The van der Waals surface area contributed by atoms with E-state index in [1.165, 1.54) is 24.3 Å². The summed E-state index contributed by atoms with van der Waals surface area (Å²) in [5.41, 5.74) is 2.69. The quantitative estimate of drug-likeness (QED) is 0.137. The third-order valence-electron chi connectivity index (χ3n) is 7.21. The second-order valence-corrected chi connectivity index (χ2v) is 12.5. The minimum absolute atomic E-state index is 0.0136. The number of hydrogen-bond donors (Lipinski definition) is 3. The number of benzene rings is 3. The Kier molecular flexibility index (Phi) is 9.74. The lowest BCUT2D eigenvalue weighted by molar-refractivity contribution is -0.139. The van der Waals surface area contributed by atoms with Gasteiger partial charge in [-0.05, 0) is 86.3 Å². The number of anilines is 1. The van der Waals surface area contributed by atoms with Gasteiger partial charge in [0.05, 0.1) is 5.56 Å². The molecule has 3 aromatic carbocycles. The molecule has 0 spiro atoms. The van der Waals surface area contributed by atoms with Crippen LogP contribution in [0.5, 0.6) is 0 Å². The van der Waals surface area contributed by atoms with Crippen molar-refractivity contribution in [2.75, 3.05) is 5.32 Å². The molecule has 12 heteroatoms. The first kappa shape index (κ1) is 33.6. The molecular weight excluding hydrogens is 619 g/mol. The second-order valence-electron chi connectivity index (χ2n) is 12.5. The van der Waals surface area contributed by atoms with Gasteiger partial charge in [-0.1, -0.05) is 49.3 Å². The normalized spacial score (nSPS) is 12.1. The molecule has 0 saturated carbocycles. The molecule has 3 N–H and O–H groups in total.